The summed E-state index contributed by atoms with van der Waals surface area (Å²) >= 11 is 0. The van der Waals surface area contributed by atoms with E-state index in [1.807, 2.05) is 38.1 Å². The van der Waals surface area contributed by atoms with Gasteiger partial charge in [0.15, 0.2) is 0 Å². The van der Waals surface area contributed by atoms with Crippen LogP contribution in [0, 0.1) is 6.92 Å². The molecule has 6 rings (SSSR count). The standard InChI is InChI=1S/C28H26N2O4/c1-3-32-28(31)24-17(2)34-27-21-10-5-4-9-20(21)26-22(25(24)27)15-30(16-33-26)13-12-18-14-29-23-11-7-6-8-19(18)23/h4-11,14,29H,3,12-13,15-16H2,1-2H3. The molecule has 0 bridgehead atoms. The molecule has 34 heavy (non-hydrogen) atoms. The molecule has 6 nitrogen and oxygen atoms in total. The molecule has 0 saturated heterocycles. The monoisotopic (exact) mass is 454 g/mol. The van der Waals surface area contributed by atoms with Crippen molar-refractivity contribution in [1.82, 2.24) is 9.88 Å². The van der Waals surface area contributed by atoms with E-state index < -0.39 is 0 Å². The molecule has 5 aromatic rings. The van der Waals surface area contributed by atoms with Gasteiger partial charge in [0.05, 0.1) is 6.61 Å². The minimum Gasteiger partial charge on any atom is -0.477 e. The van der Waals surface area contributed by atoms with E-state index >= 15 is 0 Å². The Hall–Kier alpha value is -3.77. The molecular formula is C28H26N2O4. The van der Waals surface area contributed by atoms with Gasteiger partial charge in [0, 0.05) is 51.9 Å². The van der Waals surface area contributed by atoms with Crippen molar-refractivity contribution in [1.29, 1.82) is 0 Å². The van der Waals surface area contributed by atoms with Crippen molar-refractivity contribution in [2.45, 2.75) is 26.8 Å². The maximum Gasteiger partial charge on any atom is 0.342 e. The zero-order chi connectivity index (χ0) is 23.2. The van der Waals surface area contributed by atoms with E-state index in [0.29, 0.717) is 31.2 Å². The van der Waals surface area contributed by atoms with Crippen LogP contribution in [-0.2, 0) is 17.7 Å². The number of carbonyl (C=O) groups excluding carboxylic acids is 1. The highest BCUT2D eigenvalue weighted by atomic mass is 16.5. The third-order valence-corrected chi connectivity index (χ3v) is 6.70. The summed E-state index contributed by atoms with van der Waals surface area (Å²) in [4.78, 5) is 18.5. The van der Waals surface area contributed by atoms with Crippen LogP contribution >= 0.6 is 0 Å². The number of aromatic nitrogens is 1. The fraction of sp³-hybridized carbons (Fsp3) is 0.250. The maximum atomic E-state index is 12.9. The van der Waals surface area contributed by atoms with Crippen LogP contribution in [0.4, 0.5) is 0 Å². The van der Waals surface area contributed by atoms with Gasteiger partial charge >= 0.3 is 5.97 Å². The Balaban J connectivity index is 1.41. The number of hydrogen-bond acceptors (Lipinski definition) is 5. The SMILES string of the molecule is CCOC(=O)c1c(C)oc2c1c1c(c3ccccc32)OCN(CCc2c[nH]c3ccccc23)C1. The number of furan rings is 1. The number of nitrogens with zero attached hydrogens (tertiary/aromatic N) is 1. The number of aryl methyl sites for hydroxylation is 1. The highest BCUT2D eigenvalue weighted by Crippen LogP contribution is 2.44. The number of rotatable bonds is 5. The Bertz CT molecular complexity index is 1540. The van der Waals surface area contributed by atoms with Crippen molar-refractivity contribution in [3.63, 3.8) is 0 Å². The van der Waals surface area contributed by atoms with Gasteiger partial charge in [0.25, 0.3) is 0 Å². The van der Waals surface area contributed by atoms with Crippen molar-refractivity contribution in [3.8, 4) is 5.75 Å². The number of fused-ring (bicyclic) bond motifs is 7. The number of hydrogen-bond donors (Lipinski definition) is 1. The van der Waals surface area contributed by atoms with Gasteiger partial charge in [-0.1, -0.05) is 42.5 Å². The van der Waals surface area contributed by atoms with Crippen molar-refractivity contribution in [2.75, 3.05) is 19.9 Å². The summed E-state index contributed by atoms with van der Waals surface area (Å²) in [6.45, 7) is 5.96. The number of esters is 1. The summed E-state index contributed by atoms with van der Waals surface area (Å²) < 4.78 is 17.9. The zero-order valence-corrected chi connectivity index (χ0v) is 19.3. The Morgan fingerprint density at radius 2 is 1.85 bits per heavy atom. The third-order valence-electron chi connectivity index (χ3n) is 6.70. The van der Waals surface area contributed by atoms with Gasteiger partial charge in [-0.05, 0) is 31.9 Å². The van der Waals surface area contributed by atoms with Crippen molar-refractivity contribution >= 4 is 38.6 Å². The normalized spacial score (nSPS) is 13.9. The lowest BCUT2D eigenvalue weighted by atomic mass is 9.96. The van der Waals surface area contributed by atoms with Gasteiger partial charge in [-0.25, -0.2) is 4.79 Å². The first-order chi connectivity index (χ1) is 16.7. The summed E-state index contributed by atoms with van der Waals surface area (Å²) in [5.74, 6) is 1.05. The van der Waals surface area contributed by atoms with Gasteiger partial charge < -0.3 is 18.9 Å². The Kier molecular flexibility index (Phi) is 5.03. The number of para-hydroxylation sites is 1. The van der Waals surface area contributed by atoms with Crippen LogP contribution in [-0.4, -0.2) is 35.7 Å². The molecule has 1 aliphatic heterocycles. The molecule has 0 aliphatic carbocycles. The predicted octanol–water partition coefficient (Wildman–Crippen LogP) is 5.95. The minimum absolute atomic E-state index is 0.313. The molecule has 0 spiro atoms. The van der Waals surface area contributed by atoms with E-state index in [4.69, 9.17) is 13.9 Å². The van der Waals surface area contributed by atoms with Crippen LogP contribution in [0.2, 0.25) is 0 Å². The quantitative estimate of drug-likeness (QED) is 0.333. The van der Waals surface area contributed by atoms with Crippen LogP contribution in [0.25, 0.3) is 32.6 Å². The summed E-state index contributed by atoms with van der Waals surface area (Å²) in [5, 5.41) is 4.01. The van der Waals surface area contributed by atoms with E-state index in [0.717, 1.165) is 51.5 Å². The van der Waals surface area contributed by atoms with Crippen LogP contribution in [0.15, 0.2) is 59.1 Å². The van der Waals surface area contributed by atoms with Gasteiger partial charge in [-0.15, -0.1) is 0 Å². The summed E-state index contributed by atoms with van der Waals surface area (Å²) in [6, 6.07) is 16.4. The van der Waals surface area contributed by atoms with Gasteiger partial charge in [0.2, 0.25) is 0 Å². The molecule has 0 amide bonds. The number of carbonyl (C=O) groups is 1. The molecule has 3 aromatic carbocycles. The van der Waals surface area contributed by atoms with Gasteiger partial charge in [-0.3, -0.25) is 4.90 Å². The number of benzene rings is 3. The molecule has 6 heteroatoms. The molecular weight excluding hydrogens is 428 g/mol. The first-order valence-electron chi connectivity index (χ1n) is 11.7. The molecule has 0 unspecified atom stereocenters. The highest BCUT2D eigenvalue weighted by molar-refractivity contribution is 6.16. The van der Waals surface area contributed by atoms with E-state index in [9.17, 15) is 4.79 Å². The average molecular weight is 455 g/mol. The molecule has 0 fully saturated rings. The number of nitrogens with one attached hydrogen (secondary N) is 1. The average Bonchev–Trinajstić information content (AvgIpc) is 3.44. The number of ether oxygens (including phenoxy) is 2. The van der Waals surface area contributed by atoms with Crippen LogP contribution < -0.4 is 4.74 Å². The number of H-pyrrole nitrogens is 1. The van der Waals surface area contributed by atoms with E-state index in [2.05, 4.69) is 40.3 Å². The lowest BCUT2D eigenvalue weighted by Crippen LogP contribution is -2.34. The zero-order valence-electron chi connectivity index (χ0n) is 19.3. The lowest BCUT2D eigenvalue weighted by Gasteiger charge is -2.30. The van der Waals surface area contributed by atoms with Gasteiger partial charge in [0.1, 0.15) is 29.4 Å². The molecule has 0 radical (unpaired) electrons. The Morgan fingerprint density at radius 3 is 2.68 bits per heavy atom. The fourth-order valence-corrected chi connectivity index (χ4v) is 5.13. The molecule has 0 atom stereocenters. The van der Waals surface area contributed by atoms with Crippen LogP contribution in [0.3, 0.4) is 0 Å². The van der Waals surface area contributed by atoms with Crippen molar-refractivity contribution in [3.05, 3.63) is 77.2 Å². The summed E-state index contributed by atoms with van der Waals surface area (Å²) in [5.41, 5.74) is 4.65. The molecule has 172 valence electrons. The van der Waals surface area contributed by atoms with Gasteiger partial charge in [-0.2, -0.15) is 0 Å². The lowest BCUT2D eigenvalue weighted by molar-refractivity contribution is 0.0526. The first kappa shape index (κ1) is 20.8. The fourth-order valence-electron chi connectivity index (χ4n) is 5.13. The second-order valence-electron chi connectivity index (χ2n) is 8.75. The molecule has 2 aromatic heterocycles. The maximum absolute atomic E-state index is 12.9. The van der Waals surface area contributed by atoms with Crippen LogP contribution in [0.1, 0.15) is 34.2 Å². The Morgan fingerprint density at radius 1 is 1.09 bits per heavy atom. The summed E-state index contributed by atoms with van der Waals surface area (Å²) in [7, 11) is 0. The second kappa shape index (κ2) is 8.22. The molecule has 3 heterocycles. The largest absolute Gasteiger partial charge is 0.477 e. The topological polar surface area (TPSA) is 67.7 Å². The van der Waals surface area contributed by atoms with E-state index in [1.165, 1.54) is 10.9 Å². The first-order valence-corrected chi connectivity index (χ1v) is 11.7. The van der Waals surface area contributed by atoms with E-state index in [1.54, 1.807) is 0 Å². The molecule has 0 saturated carbocycles. The highest BCUT2D eigenvalue weighted by Gasteiger charge is 2.30. The summed E-state index contributed by atoms with van der Waals surface area (Å²) in [6.07, 6.45) is 2.99. The second-order valence-corrected chi connectivity index (χ2v) is 8.75. The van der Waals surface area contributed by atoms with Crippen molar-refractivity contribution in [2.24, 2.45) is 0 Å². The molecule has 1 aliphatic rings. The smallest absolute Gasteiger partial charge is 0.342 e. The minimum atomic E-state index is -0.354. The number of aromatic amines is 1. The molecule has 1 N–H and O–H groups in total. The third kappa shape index (κ3) is 3.25. The Labute approximate surface area is 197 Å². The predicted molar refractivity (Wildman–Crippen MR) is 132 cm³/mol. The van der Waals surface area contributed by atoms with Crippen molar-refractivity contribution < 1.29 is 18.7 Å². The van der Waals surface area contributed by atoms with E-state index in [-0.39, 0.29) is 5.97 Å². The van der Waals surface area contributed by atoms with Crippen LogP contribution in [0.5, 0.6) is 5.75 Å².